The summed E-state index contributed by atoms with van der Waals surface area (Å²) in [5.41, 5.74) is 3.54. The molecule has 3 heteroatoms. The molecule has 0 fully saturated rings. The lowest BCUT2D eigenvalue weighted by Gasteiger charge is -2.18. The SMILES string of the molecule is COc1ccc(C2CC=COC2=O)cc1CCCCc1ccccc1. The molecule has 0 amide bonds. The molecule has 0 aromatic heterocycles. The molecule has 1 unspecified atom stereocenters. The summed E-state index contributed by atoms with van der Waals surface area (Å²) in [4.78, 5) is 12.0. The Bertz CT molecular complexity index is 734. The number of aryl methyl sites for hydroxylation is 2. The number of methoxy groups -OCH3 is 1. The molecule has 0 spiro atoms. The van der Waals surface area contributed by atoms with Crippen molar-refractivity contribution in [1.82, 2.24) is 0 Å². The van der Waals surface area contributed by atoms with E-state index < -0.39 is 0 Å². The van der Waals surface area contributed by atoms with E-state index in [4.69, 9.17) is 9.47 Å². The summed E-state index contributed by atoms with van der Waals surface area (Å²) in [6.07, 6.45) is 8.32. The van der Waals surface area contributed by atoms with Gasteiger partial charge in [0.05, 0.1) is 19.3 Å². The Morgan fingerprint density at radius 3 is 2.64 bits per heavy atom. The average Bonchev–Trinajstić information content (AvgIpc) is 2.66. The minimum absolute atomic E-state index is 0.178. The van der Waals surface area contributed by atoms with E-state index in [-0.39, 0.29) is 11.9 Å². The predicted molar refractivity (Wildman–Crippen MR) is 98.7 cm³/mol. The summed E-state index contributed by atoms with van der Waals surface area (Å²) in [5, 5.41) is 0. The molecule has 1 aliphatic rings. The molecule has 3 rings (SSSR count). The molecule has 0 N–H and O–H groups in total. The van der Waals surface area contributed by atoms with Crippen molar-refractivity contribution in [3.05, 3.63) is 77.6 Å². The highest BCUT2D eigenvalue weighted by Crippen LogP contribution is 2.30. The number of hydrogen-bond donors (Lipinski definition) is 0. The van der Waals surface area contributed by atoms with Crippen molar-refractivity contribution in [1.29, 1.82) is 0 Å². The van der Waals surface area contributed by atoms with Crippen LogP contribution in [0.3, 0.4) is 0 Å². The minimum Gasteiger partial charge on any atom is -0.496 e. The number of carbonyl (C=O) groups excluding carboxylic acids is 1. The van der Waals surface area contributed by atoms with E-state index in [0.29, 0.717) is 6.42 Å². The van der Waals surface area contributed by atoms with Crippen LogP contribution in [0.25, 0.3) is 0 Å². The van der Waals surface area contributed by atoms with Crippen LogP contribution in [0.15, 0.2) is 60.9 Å². The molecule has 0 radical (unpaired) electrons. The van der Waals surface area contributed by atoms with Crippen LogP contribution in [0.1, 0.15) is 41.9 Å². The zero-order chi connectivity index (χ0) is 17.5. The number of rotatable bonds is 7. The minimum atomic E-state index is -0.209. The van der Waals surface area contributed by atoms with Crippen molar-refractivity contribution in [2.45, 2.75) is 38.0 Å². The molecule has 25 heavy (non-hydrogen) atoms. The van der Waals surface area contributed by atoms with E-state index in [1.165, 1.54) is 11.8 Å². The third-order valence-corrected chi connectivity index (χ3v) is 4.65. The maximum absolute atomic E-state index is 12.0. The summed E-state index contributed by atoms with van der Waals surface area (Å²) in [6, 6.07) is 16.6. The second-order valence-electron chi connectivity index (χ2n) is 6.36. The maximum Gasteiger partial charge on any atom is 0.318 e. The molecule has 0 bridgehead atoms. The second-order valence-corrected chi connectivity index (χ2v) is 6.36. The van der Waals surface area contributed by atoms with Crippen LogP contribution < -0.4 is 4.74 Å². The van der Waals surface area contributed by atoms with Crippen LogP contribution >= 0.6 is 0 Å². The van der Waals surface area contributed by atoms with Crippen molar-refractivity contribution >= 4 is 5.97 Å². The highest BCUT2D eigenvalue weighted by atomic mass is 16.5. The summed E-state index contributed by atoms with van der Waals surface area (Å²) in [6.45, 7) is 0. The highest BCUT2D eigenvalue weighted by Gasteiger charge is 2.24. The van der Waals surface area contributed by atoms with Crippen molar-refractivity contribution < 1.29 is 14.3 Å². The van der Waals surface area contributed by atoms with Crippen LogP contribution in [0.5, 0.6) is 5.75 Å². The molecule has 2 aromatic rings. The van der Waals surface area contributed by atoms with Gasteiger partial charge in [0.25, 0.3) is 0 Å². The monoisotopic (exact) mass is 336 g/mol. The lowest BCUT2D eigenvalue weighted by molar-refractivity contribution is -0.140. The van der Waals surface area contributed by atoms with Crippen molar-refractivity contribution in [2.75, 3.05) is 7.11 Å². The Morgan fingerprint density at radius 2 is 1.88 bits per heavy atom. The lowest BCUT2D eigenvalue weighted by atomic mass is 9.92. The maximum atomic E-state index is 12.0. The first kappa shape index (κ1) is 17.3. The molecule has 130 valence electrons. The Hall–Kier alpha value is -2.55. The fraction of sp³-hybridized carbons (Fsp3) is 0.318. The molecule has 0 aliphatic carbocycles. The second kappa shape index (κ2) is 8.52. The lowest BCUT2D eigenvalue weighted by Crippen LogP contribution is -2.16. The quantitative estimate of drug-likeness (QED) is 0.538. The van der Waals surface area contributed by atoms with Gasteiger partial charge in [-0.15, -0.1) is 0 Å². The summed E-state index contributed by atoms with van der Waals surface area (Å²) in [7, 11) is 1.69. The van der Waals surface area contributed by atoms with Gasteiger partial charge in [-0.05, 0) is 60.9 Å². The third-order valence-electron chi connectivity index (χ3n) is 4.65. The first-order chi connectivity index (χ1) is 12.3. The topological polar surface area (TPSA) is 35.5 Å². The van der Waals surface area contributed by atoms with Crippen LogP contribution in [0, 0.1) is 0 Å². The van der Waals surface area contributed by atoms with Crippen LogP contribution in [-0.4, -0.2) is 13.1 Å². The molecule has 1 aliphatic heterocycles. The molecule has 0 saturated heterocycles. The zero-order valence-corrected chi connectivity index (χ0v) is 14.6. The van der Waals surface area contributed by atoms with E-state index >= 15 is 0 Å². The fourth-order valence-electron chi connectivity index (χ4n) is 3.26. The van der Waals surface area contributed by atoms with Gasteiger partial charge < -0.3 is 9.47 Å². The summed E-state index contributed by atoms with van der Waals surface area (Å²) in [5.74, 6) is 0.504. The smallest absolute Gasteiger partial charge is 0.318 e. The van der Waals surface area contributed by atoms with E-state index in [1.54, 1.807) is 7.11 Å². The Labute approximate surface area is 149 Å². The van der Waals surface area contributed by atoms with Gasteiger partial charge in [0.15, 0.2) is 0 Å². The van der Waals surface area contributed by atoms with Gasteiger partial charge >= 0.3 is 5.97 Å². The zero-order valence-electron chi connectivity index (χ0n) is 14.6. The van der Waals surface area contributed by atoms with Gasteiger partial charge in [-0.25, -0.2) is 0 Å². The van der Waals surface area contributed by atoms with Gasteiger partial charge in [0.1, 0.15) is 5.75 Å². The molecular formula is C22H24O3. The van der Waals surface area contributed by atoms with Crippen molar-refractivity contribution in [3.63, 3.8) is 0 Å². The van der Waals surface area contributed by atoms with E-state index in [1.807, 2.05) is 24.3 Å². The summed E-state index contributed by atoms with van der Waals surface area (Å²) < 4.78 is 10.5. The normalized spacial score (nSPS) is 16.5. The standard InChI is InChI=1S/C22H24O3/c1-24-21-14-13-18(20-12-7-15-25-22(20)23)16-19(21)11-6-5-10-17-8-3-2-4-9-17/h2-4,7-9,13-16,20H,5-6,10-12H2,1H3. The number of hydrogen-bond acceptors (Lipinski definition) is 3. The third kappa shape index (κ3) is 4.50. The van der Waals surface area contributed by atoms with Gasteiger partial charge in [-0.1, -0.05) is 42.5 Å². The number of allylic oxidation sites excluding steroid dienone is 1. The molecule has 0 saturated carbocycles. The number of unbranched alkanes of at least 4 members (excludes halogenated alkanes) is 1. The van der Waals surface area contributed by atoms with Gasteiger partial charge in [-0.3, -0.25) is 4.79 Å². The van der Waals surface area contributed by atoms with Crippen LogP contribution in [0.2, 0.25) is 0 Å². The van der Waals surface area contributed by atoms with Gasteiger partial charge in [0, 0.05) is 0 Å². The number of carbonyl (C=O) groups is 1. The van der Waals surface area contributed by atoms with E-state index in [9.17, 15) is 4.79 Å². The first-order valence-electron chi connectivity index (χ1n) is 8.84. The molecule has 1 atom stereocenters. The van der Waals surface area contributed by atoms with E-state index in [0.717, 1.165) is 42.6 Å². The van der Waals surface area contributed by atoms with Crippen LogP contribution in [0.4, 0.5) is 0 Å². The van der Waals surface area contributed by atoms with Gasteiger partial charge in [-0.2, -0.15) is 0 Å². The largest absolute Gasteiger partial charge is 0.496 e. The van der Waals surface area contributed by atoms with Crippen molar-refractivity contribution in [2.24, 2.45) is 0 Å². The highest BCUT2D eigenvalue weighted by molar-refractivity contribution is 5.80. The number of benzene rings is 2. The Kier molecular flexibility index (Phi) is 5.89. The van der Waals surface area contributed by atoms with E-state index in [2.05, 4.69) is 30.3 Å². The molecule has 2 aromatic carbocycles. The number of cyclic esters (lactones) is 1. The number of esters is 1. The number of ether oxygens (including phenoxy) is 2. The Balaban J connectivity index is 1.64. The summed E-state index contributed by atoms with van der Waals surface area (Å²) >= 11 is 0. The first-order valence-corrected chi connectivity index (χ1v) is 8.84. The molecule has 3 nitrogen and oxygen atoms in total. The molecule has 1 heterocycles. The van der Waals surface area contributed by atoms with Gasteiger partial charge in [0.2, 0.25) is 0 Å². The van der Waals surface area contributed by atoms with Crippen LogP contribution in [-0.2, 0) is 22.4 Å². The molecular weight excluding hydrogens is 312 g/mol. The van der Waals surface area contributed by atoms with Crippen molar-refractivity contribution in [3.8, 4) is 5.75 Å². The predicted octanol–water partition coefficient (Wildman–Crippen LogP) is 4.80. The Morgan fingerprint density at radius 1 is 1.08 bits per heavy atom. The average molecular weight is 336 g/mol. The fourth-order valence-corrected chi connectivity index (χ4v) is 3.26.